The summed E-state index contributed by atoms with van der Waals surface area (Å²) in [5.41, 5.74) is 0. The first-order chi connectivity index (χ1) is 9.53. The highest BCUT2D eigenvalue weighted by molar-refractivity contribution is 7.81. The van der Waals surface area contributed by atoms with Crippen molar-refractivity contribution in [3.8, 4) is 17.2 Å². The van der Waals surface area contributed by atoms with E-state index in [9.17, 15) is 21.9 Å². The topological polar surface area (TPSA) is 147 Å². The van der Waals surface area contributed by atoms with E-state index in [0.717, 1.165) is 18.2 Å². The fourth-order valence-corrected chi connectivity index (χ4v) is 2.34. The Hall–Kier alpha value is -2.08. The minimum Gasteiger partial charge on any atom is -0.508 e. The predicted octanol–water partition coefficient (Wildman–Crippen LogP) is 0.909. The fourth-order valence-electron chi connectivity index (χ4n) is 1.64. The van der Waals surface area contributed by atoms with Crippen LogP contribution in [0.4, 0.5) is 0 Å². The Kier molecular flexibility index (Phi) is 3.67. The third kappa shape index (κ3) is 4.19. The Labute approximate surface area is 119 Å². The van der Waals surface area contributed by atoms with Gasteiger partial charge in [-0.25, -0.2) is 0 Å². The van der Waals surface area contributed by atoms with E-state index >= 15 is 0 Å². The summed E-state index contributed by atoms with van der Waals surface area (Å²) in [7, 11) is -9.72. The van der Waals surface area contributed by atoms with E-state index in [1.807, 2.05) is 0 Å². The van der Waals surface area contributed by atoms with Crippen LogP contribution in [0.1, 0.15) is 0 Å². The number of rotatable bonds is 4. The lowest BCUT2D eigenvalue weighted by Gasteiger charge is -2.09. The largest absolute Gasteiger partial charge is 0.508 e. The van der Waals surface area contributed by atoms with Crippen LogP contribution >= 0.6 is 0 Å². The Morgan fingerprint density at radius 2 is 1.48 bits per heavy atom. The van der Waals surface area contributed by atoms with Crippen LogP contribution in [0.5, 0.6) is 17.2 Å². The van der Waals surface area contributed by atoms with Gasteiger partial charge in [-0.3, -0.25) is 9.11 Å². The number of hydrogen-bond acceptors (Lipinski definition) is 7. The molecule has 0 fully saturated rings. The predicted molar refractivity (Wildman–Crippen MR) is 70.0 cm³/mol. The van der Waals surface area contributed by atoms with E-state index in [4.69, 9.17) is 9.11 Å². The number of phenols is 1. The molecule has 0 unspecified atom stereocenters. The first-order valence-electron chi connectivity index (χ1n) is 5.14. The summed E-state index contributed by atoms with van der Waals surface area (Å²) in [6, 6.07) is 5.66. The van der Waals surface area contributed by atoms with E-state index in [2.05, 4.69) is 8.37 Å². The molecule has 2 aromatic carbocycles. The minimum atomic E-state index is -4.89. The lowest BCUT2D eigenvalue weighted by molar-refractivity contribution is 0.383. The summed E-state index contributed by atoms with van der Waals surface area (Å²) in [5.74, 6) is -1.16. The molecule has 0 aliphatic heterocycles. The van der Waals surface area contributed by atoms with Gasteiger partial charge in [0.2, 0.25) is 0 Å². The lowest BCUT2D eigenvalue weighted by atomic mass is 10.1. The van der Waals surface area contributed by atoms with E-state index in [-0.39, 0.29) is 16.5 Å². The molecule has 0 amide bonds. The second kappa shape index (κ2) is 5.04. The van der Waals surface area contributed by atoms with Gasteiger partial charge in [0, 0.05) is 11.5 Å². The number of hydrogen-bond donors (Lipinski definition) is 3. The SMILES string of the molecule is O=S(=O)(O)Oc1cc(OS(=O)(=O)O)c2cc(O)ccc2c1. The van der Waals surface area contributed by atoms with Crippen molar-refractivity contribution >= 4 is 31.6 Å². The zero-order chi connectivity index (χ0) is 15.8. The fraction of sp³-hybridized carbons (Fsp3) is 0. The average molecular weight is 336 g/mol. The molecule has 0 spiro atoms. The normalized spacial score (nSPS) is 12.3. The van der Waals surface area contributed by atoms with Gasteiger partial charge >= 0.3 is 20.8 Å². The molecule has 114 valence electrons. The van der Waals surface area contributed by atoms with Crippen LogP contribution in [-0.4, -0.2) is 31.0 Å². The van der Waals surface area contributed by atoms with Gasteiger partial charge in [-0.2, -0.15) is 16.8 Å². The van der Waals surface area contributed by atoms with Crippen molar-refractivity contribution < 1.29 is 39.4 Å². The van der Waals surface area contributed by atoms with Gasteiger partial charge in [0.1, 0.15) is 11.5 Å². The van der Waals surface area contributed by atoms with Crippen molar-refractivity contribution in [1.82, 2.24) is 0 Å². The van der Waals surface area contributed by atoms with E-state index in [1.165, 1.54) is 12.1 Å². The maximum absolute atomic E-state index is 10.8. The highest BCUT2D eigenvalue weighted by Crippen LogP contribution is 2.34. The van der Waals surface area contributed by atoms with Crippen LogP contribution in [0.15, 0.2) is 30.3 Å². The minimum absolute atomic E-state index is 0.0651. The first-order valence-corrected chi connectivity index (χ1v) is 7.87. The molecule has 0 atom stereocenters. The molecule has 0 bridgehead atoms. The maximum Gasteiger partial charge on any atom is 0.446 e. The number of phenolic OH excluding ortho intramolecular Hbond substituents is 1. The zero-order valence-corrected chi connectivity index (χ0v) is 11.6. The Bertz CT molecular complexity index is 900. The Morgan fingerprint density at radius 1 is 0.857 bits per heavy atom. The zero-order valence-electron chi connectivity index (χ0n) is 9.99. The smallest absolute Gasteiger partial charge is 0.446 e. The molecule has 0 aromatic heterocycles. The Balaban J connectivity index is 2.68. The van der Waals surface area contributed by atoms with Gasteiger partial charge in [-0.05, 0) is 23.6 Å². The number of aromatic hydroxyl groups is 1. The molecule has 0 aliphatic rings. The monoisotopic (exact) mass is 336 g/mol. The summed E-state index contributed by atoms with van der Waals surface area (Å²) in [5, 5.41) is 9.67. The van der Waals surface area contributed by atoms with Gasteiger partial charge in [-0.15, -0.1) is 0 Å². The highest BCUT2D eigenvalue weighted by atomic mass is 32.3. The molecular weight excluding hydrogens is 328 g/mol. The molecule has 2 aromatic rings. The van der Waals surface area contributed by atoms with E-state index in [0.29, 0.717) is 0 Å². The van der Waals surface area contributed by atoms with Crippen LogP contribution in [0.2, 0.25) is 0 Å². The van der Waals surface area contributed by atoms with Crippen molar-refractivity contribution in [2.75, 3.05) is 0 Å². The van der Waals surface area contributed by atoms with Gasteiger partial charge < -0.3 is 13.5 Å². The molecular formula is C10H8O9S2. The van der Waals surface area contributed by atoms with Crippen LogP contribution in [0, 0.1) is 0 Å². The second-order valence-electron chi connectivity index (χ2n) is 3.85. The first kappa shape index (κ1) is 15.3. The summed E-state index contributed by atoms with van der Waals surface area (Å²) >= 11 is 0. The summed E-state index contributed by atoms with van der Waals surface area (Å²) < 4.78 is 68.7. The summed E-state index contributed by atoms with van der Waals surface area (Å²) in [4.78, 5) is 0. The second-order valence-corrected chi connectivity index (χ2v) is 5.89. The third-order valence-electron chi connectivity index (χ3n) is 2.27. The quantitative estimate of drug-likeness (QED) is 0.693. The number of benzene rings is 2. The lowest BCUT2D eigenvalue weighted by Crippen LogP contribution is -2.09. The van der Waals surface area contributed by atoms with Crippen LogP contribution < -0.4 is 8.37 Å². The van der Waals surface area contributed by atoms with Crippen LogP contribution in [0.25, 0.3) is 10.8 Å². The molecule has 0 heterocycles. The van der Waals surface area contributed by atoms with Gasteiger partial charge in [0.05, 0.1) is 0 Å². The van der Waals surface area contributed by atoms with Crippen molar-refractivity contribution in [2.45, 2.75) is 0 Å². The molecule has 11 heteroatoms. The molecule has 9 nitrogen and oxygen atoms in total. The van der Waals surface area contributed by atoms with E-state index in [1.54, 1.807) is 0 Å². The summed E-state index contributed by atoms with van der Waals surface area (Å²) in [6.07, 6.45) is 0. The third-order valence-corrected chi connectivity index (χ3v) is 3.06. The molecule has 0 saturated heterocycles. The van der Waals surface area contributed by atoms with Gasteiger partial charge in [0.15, 0.2) is 5.75 Å². The molecule has 0 saturated carbocycles. The van der Waals surface area contributed by atoms with E-state index < -0.39 is 32.3 Å². The molecule has 0 aliphatic carbocycles. The van der Waals surface area contributed by atoms with Crippen LogP contribution in [0.3, 0.4) is 0 Å². The Morgan fingerprint density at radius 3 is 2.05 bits per heavy atom. The molecule has 0 radical (unpaired) electrons. The molecule has 21 heavy (non-hydrogen) atoms. The molecule has 3 N–H and O–H groups in total. The van der Waals surface area contributed by atoms with Gasteiger partial charge in [-0.1, -0.05) is 6.07 Å². The van der Waals surface area contributed by atoms with Crippen molar-refractivity contribution in [1.29, 1.82) is 0 Å². The maximum atomic E-state index is 10.8. The standard InChI is InChI=1S/C10H8O9S2/c11-7-2-1-6-3-8(18-20(12,13)14)5-10(9(6)4-7)19-21(15,16)17/h1-5,11H,(H,12,13,14)(H,15,16,17). The molecule has 2 rings (SSSR count). The van der Waals surface area contributed by atoms with Crippen LogP contribution in [-0.2, 0) is 20.8 Å². The van der Waals surface area contributed by atoms with Crippen molar-refractivity contribution in [3.05, 3.63) is 30.3 Å². The highest BCUT2D eigenvalue weighted by Gasteiger charge is 2.16. The number of fused-ring (bicyclic) bond motifs is 1. The van der Waals surface area contributed by atoms with Gasteiger partial charge in [0.25, 0.3) is 0 Å². The summed E-state index contributed by atoms with van der Waals surface area (Å²) in [6.45, 7) is 0. The average Bonchev–Trinajstić information content (AvgIpc) is 2.25. The van der Waals surface area contributed by atoms with Crippen molar-refractivity contribution in [3.63, 3.8) is 0 Å². The van der Waals surface area contributed by atoms with Crippen molar-refractivity contribution in [2.24, 2.45) is 0 Å².